The average molecular weight is 189 g/mol. The van der Waals surface area contributed by atoms with Crippen LogP contribution >= 0.6 is 0 Å². The number of hydrogen-bond donors (Lipinski definition) is 1. The Morgan fingerprint density at radius 2 is 2.21 bits per heavy atom. The number of hydrogen-bond acceptors (Lipinski definition) is 2. The summed E-state index contributed by atoms with van der Waals surface area (Å²) in [6, 6.07) is 0. The fraction of sp³-hybridized carbons (Fsp3) is 0.100. The summed E-state index contributed by atoms with van der Waals surface area (Å²) in [7, 11) is 0. The molecule has 0 bridgehead atoms. The maximum atomic E-state index is 10.9. The zero-order chi connectivity index (χ0) is 10.1. The molecule has 1 atom stereocenters. The molecular formula is C10H7NO3. The van der Waals surface area contributed by atoms with Crippen molar-refractivity contribution in [2.24, 2.45) is 10.9 Å². The molecule has 0 radical (unpaired) electrons. The topological polar surface area (TPSA) is 66.7 Å². The molecule has 1 amide bonds. The Morgan fingerprint density at radius 1 is 1.43 bits per heavy atom. The van der Waals surface area contributed by atoms with Crippen molar-refractivity contribution in [2.75, 3.05) is 0 Å². The molecule has 4 heteroatoms. The zero-order valence-corrected chi connectivity index (χ0v) is 7.18. The lowest BCUT2D eigenvalue weighted by Gasteiger charge is -2.18. The monoisotopic (exact) mass is 189 g/mol. The molecule has 0 aromatic rings. The lowest BCUT2D eigenvalue weighted by molar-refractivity contribution is -0.133. The van der Waals surface area contributed by atoms with E-state index in [0.717, 1.165) is 0 Å². The number of rotatable bonds is 1. The first-order valence-corrected chi connectivity index (χ1v) is 4.11. The molecular weight excluding hydrogens is 182 g/mol. The van der Waals surface area contributed by atoms with Crippen LogP contribution in [0.15, 0.2) is 40.9 Å². The van der Waals surface area contributed by atoms with Gasteiger partial charge < -0.3 is 5.11 Å². The number of allylic oxidation sites excluding steroid dienone is 4. The van der Waals surface area contributed by atoms with Gasteiger partial charge in [-0.1, -0.05) is 18.2 Å². The van der Waals surface area contributed by atoms with Gasteiger partial charge in [0.1, 0.15) is 0 Å². The van der Waals surface area contributed by atoms with Gasteiger partial charge in [-0.3, -0.25) is 4.79 Å². The quantitative estimate of drug-likeness (QED) is 0.660. The molecule has 1 aliphatic carbocycles. The number of carbonyl (C=O) groups is 2. The summed E-state index contributed by atoms with van der Waals surface area (Å²) >= 11 is 0. The van der Waals surface area contributed by atoms with Gasteiger partial charge in [-0.2, -0.15) is 0 Å². The van der Waals surface area contributed by atoms with Crippen molar-refractivity contribution in [2.45, 2.75) is 0 Å². The van der Waals surface area contributed by atoms with Crippen molar-refractivity contribution >= 4 is 17.6 Å². The molecule has 0 aromatic carbocycles. The summed E-state index contributed by atoms with van der Waals surface area (Å²) in [5, 5.41) is 8.87. The van der Waals surface area contributed by atoms with Crippen molar-refractivity contribution in [3.63, 3.8) is 0 Å². The Hall–Kier alpha value is -1.97. The van der Waals surface area contributed by atoms with Gasteiger partial charge in [0.25, 0.3) is 5.91 Å². The summed E-state index contributed by atoms with van der Waals surface area (Å²) in [4.78, 5) is 25.5. The number of carboxylic acid groups (broad SMARTS) is 1. The van der Waals surface area contributed by atoms with E-state index < -0.39 is 5.97 Å². The maximum Gasteiger partial charge on any atom is 0.332 e. The molecule has 1 unspecified atom stereocenters. The summed E-state index contributed by atoms with van der Waals surface area (Å²) in [6.45, 7) is 0. The van der Waals surface area contributed by atoms with E-state index in [1.807, 2.05) is 0 Å². The summed E-state index contributed by atoms with van der Waals surface area (Å²) in [5.74, 6) is -1.70. The molecule has 1 heterocycles. The molecule has 0 fully saturated rings. The van der Waals surface area contributed by atoms with Crippen molar-refractivity contribution in [1.29, 1.82) is 0 Å². The van der Waals surface area contributed by atoms with Gasteiger partial charge in [-0.05, 0) is 6.08 Å². The Balaban J connectivity index is 2.42. The first-order chi connectivity index (χ1) is 6.68. The summed E-state index contributed by atoms with van der Waals surface area (Å²) < 4.78 is 0. The lowest BCUT2D eigenvalue weighted by Crippen LogP contribution is -2.24. The van der Waals surface area contributed by atoms with Crippen LogP contribution in [0.25, 0.3) is 0 Å². The normalized spacial score (nSPS) is 24.0. The van der Waals surface area contributed by atoms with Gasteiger partial charge in [0.2, 0.25) is 0 Å². The van der Waals surface area contributed by atoms with E-state index in [1.165, 1.54) is 12.2 Å². The highest BCUT2D eigenvalue weighted by molar-refractivity contribution is 6.14. The van der Waals surface area contributed by atoms with Gasteiger partial charge in [0.15, 0.2) is 0 Å². The lowest BCUT2D eigenvalue weighted by atomic mass is 9.88. The minimum atomic E-state index is -0.981. The number of amides is 1. The highest BCUT2D eigenvalue weighted by atomic mass is 16.4. The third-order valence-electron chi connectivity index (χ3n) is 2.11. The van der Waals surface area contributed by atoms with E-state index in [1.54, 1.807) is 18.2 Å². The smallest absolute Gasteiger partial charge is 0.332 e. The summed E-state index contributed by atoms with van der Waals surface area (Å²) in [6.07, 6.45) is 7.62. The van der Waals surface area contributed by atoms with Crippen LogP contribution in [0.1, 0.15) is 0 Å². The minimum Gasteiger partial charge on any atom is -0.478 e. The Kier molecular flexibility index (Phi) is 1.89. The van der Waals surface area contributed by atoms with Gasteiger partial charge in [-0.15, -0.1) is 0 Å². The Labute approximate surface area is 80.0 Å². The van der Waals surface area contributed by atoms with E-state index in [4.69, 9.17) is 5.11 Å². The Morgan fingerprint density at radius 3 is 2.93 bits per heavy atom. The third kappa shape index (κ3) is 1.31. The first-order valence-electron chi connectivity index (χ1n) is 4.11. The van der Waals surface area contributed by atoms with Crippen LogP contribution < -0.4 is 0 Å². The molecule has 1 aliphatic heterocycles. The largest absolute Gasteiger partial charge is 0.478 e. The molecule has 2 rings (SSSR count). The number of aliphatic imine (C=N–C) groups is 1. The first kappa shape index (κ1) is 8.62. The van der Waals surface area contributed by atoms with E-state index >= 15 is 0 Å². The molecule has 0 saturated heterocycles. The predicted octanol–water partition coefficient (Wildman–Crippen LogP) is 0.721. The highest BCUT2D eigenvalue weighted by Crippen LogP contribution is 2.22. The molecule has 14 heavy (non-hydrogen) atoms. The molecule has 0 aromatic heterocycles. The average Bonchev–Trinajstić information content (AvgIpc) is 2.16. The van der Waals surface area contributed by atoms with E-state index in [2.05, 4.69) is 4.99 Å². The second-order valence-electron chi connectivity index (χ2n) is 3.00. The standard InChI is InChI=1S/C10H7NO3/c12-9-5-4-6-7(10(13)14)2-1-3-8(6)11-9/h1-6H,(H,13,14). The molecule has 70 valence electrons. The molecule has 1 N–H and O–H groups in total. The molecule has 0 spiro atoms. The van der Waals surface area contributed by atoms with Crippen molar-refractivity contribution in [1.82, 2.24) is 0 Å². The number of fused-ring (bicyclic) bond motifs is 1. The Bertz CT molecular complexity index is 427. The van der Waals surface area contributed by atoms with Gasteiger partial charge in [-0.25, -0.2) is 9.79 Å². The molecule has 2 aliphatic rings. The van der Waals surface area contributed by atoms with Crippen molar-refractivity contribution in [3.05, 3.63) is 36.0 Å². The molecule has 0 saturated carbocycles. The third-order valence-corrected chi connectivity index (χ3v) is 2.11. The van der Waals surface area contributed by atoms with Crippen LogP contribution in [0.5, 0.6) is 0 Å². The summed E-state index contributed by atoms with van der Waals surface area (Å²) in [5.41, 5.74) is 0.743. The number of dihydropyridines is 1. The van der Waals surface area contributed by atoms with Crippen LogP contribution in [0.3, 0.4) is 0 Å². The SMILES string of the molecule is O=C1C=CC2C(C(=O)O)=CC=CC2=N1. The van der Waals surface area contributed by atoms with E-state index in [9.17, 15) is 9.59 Å². The fourth-order valence-electron chi connectivity index (χ4n) is 1.47. The number of nitrogens with zero attached hydrogens (tertiary/aromatic N) is 1. The van der Waals surface area contributed by atoms with Crippen molar-refractivity contribution < 1.29 is 14.7 Å². The minimum absolute atomic E-state index is 0.245. The van der Waals surface area contributed by atoms with Crippen molar-refractivity contribution in [3.8, 4) is 0 Å². The van der Waals surface area contributed by atoms with E-state index in [0.29, 0.717) is 5.71 Å². The maximum absolute atomic E-state index is 10.9. The molecule has 4 nitrogen and oxygen atoms in total. The van der Waals surface area contributed by atoms with E-state index in [-0.39, 0.29) is 17.4 Å². The van der Waals surface area contributed by atoms with Gasteiger partial charge in [0, 0.05) is 11.6 Å². The van der Waals surface area contributed by atoms with Crippen LogP contribution in [0.4, 0.5) is 0 Å². The highest BCUT2D eigenvalue weighted by Gasteiger charge is 2.26. The van der Waals surface area contributed by atoms with Crippen LogP contribution in [0, 0.1) is 5.92 Å². The van der Waals surface area contributed by atoms with Crippen LogP contribution in [-0.4, -0.2) is 22.7 Å². The van der Waals surface area contributed by atoms with Gasteiger partial charge >= 0.3 is 5.97 Å². The number of carbonyl (C=O) groups excluding carboxylic acids is 1. The predicted molar refractivity (Wildman–Crippen MR) is 49.9 cm³/mol. The van der Waals surface area contributed by atoms with Crippen LogP contribution in [0.2, 0.25) is 0 Å². The number of carboxylic acids is 1. The number of aliphatic carboxylic acids is 1. The van der Waals surface area contributed by atoms with Crippen LogP contribution in [-0.2, 0) is 9.59 Å². The van der Waals surface area contributed by atoms with Gasteiger partial charge in [0.05, 0.1) is 11.6 Å². The second-order valence-corrected chi connectivity index (χ2v) is 3.00. The second kappa shape index (κ2) is 3.06. The fourth-order valence-corrected chi connectivity index (χ4v) is 1.47. The zero-order valence-electron chi connectivity index (χ0n) is 7.18.